The fourth-order valence-electron chi connectivity index (χ4n) is 0.864. The Morgan fingerprint density at radius 3 is 2.93 bits per heavy atom. The second kappa shape index (κ2) is 4.85. The van der Waals surface area contributed by atoms with Gasteiger partial charge >= 0.3 is 5.97 Å². The van der Waals surface area contributed by atoms with Crippen LogP contribution in [0.15, 0.2) is 5.16 Å². The molecule has 0 radical (unpaired) electrons. The van der Waals surface area contributed by atoms with Gasteiger partial charge in [-0.05, 0) is 13.2 Å². The summed E-state index contributed by atoms with van der Waals surface area (Å²) in [5, 5.41) is 4.54. The lowest BCUT2D eigenvalue weighted by Crippen LogP contribution is -2.16. The maximum Gasteiger partial charge on any atom is 0.327 e. The quantitative estimate of drug-likeness (QED) is 0.569. The molecule has 0 saturated heterocycles. The van der Waals surface area contributed by atoms with Crippen LogP contribution in [0.5, 0.6) is 0 Å². The highest BCUT2D eigenvalue weighted by Crippen LogP contribution is 2.10. The average molecular weight is 216 g/mol. The topological polar surface area (TPSA) is 83.0 Å². The van der Waals surface area contributed by atoms with Crippen LogP contribution in [0, 0.1) is 0 Å². The van der Waals surface area contributed by atoms with Crippen LogP contribution in [-0.2, 0) is 16.1 Å². The Balaban J connectivity index is 2.66. The van der Waals surface area contributed by atoms with Gasteiger partial charge in [-0.2, -0.15) is 4.98 Å². The number of thioether (sulfide) groups is 1. The molecule has 0 saturated carbocycles. The lowest BCUT2D eigenvalue weighted by atomic mass is 10.6. The van der Waals surface area contributed by atoms with E-state index in [9.17, 15) is 4.79 Å². The molecule has 0 atom stereocenters. The third-order valence-electron chi connectivity index (χ3n) is 1.45. The minimum absolute atomic E-state index is 0.00718. The number of esters is 1. The molecule has 0 amide bonds. The Hall–Kier alpha value is -1.24. The zero-order valence-electron chi connectivity index (χ0n) is 8.06. The van der Waals surface area contributed by atoms with E-state index in [1.165, 1.54) is 16.4 Å². The van der Waals surface area contributed by atoms with Crippen molar-refractivity contribution in [1.82, 2.24) is 14.8 Å². The minimum Gasteiger partial charge on any atom is -0.465 e. The van der Waals surface area contributed by atoms with Gasteiger partial charge in [-0.15, -0.1) is 5.10 Å². The molecule has 1 aromatic rings. The molecule has 1 aromatic heterocycles. The van der Waals surface area contributed by atoms with Crippen molar-refractivity contribution >= 4 is 23.7 Å². The van der Waals surface area contributed by atoms with Gasteiger partial charge in [0, 0.05) is 0 Å². The van der Waals surface area contributed by atoms with E-state index >= 15 is 0 Å². The molecule has 0 unspecified atom stereocenters. The van der Waals surface area contributed by atoms with Gasteiger partial charge in [-0.1, -0.05) is 11.8 Å². The largest absolute Gasteiger partial charge is 0.465 e. The van der Waals surface area contributed by atoms with Crippen LogP contribution in [0.1, 0.15) is 6.92 Å². The lowest BCUT2D eigenvalue weighted by Gasteiger charge is -2.01. The SMILES string of the molecule is CCOC(=O)Cn1nc(SC)nc1N. The second-order valence-electron chi connectivity index (χ2n) is 2.42. The van der Waals surface area contributed by atoms with Gasteiger partial charge in [0.05, 0.1) is 6.61 Å². The van der Waals surface area contributed by atoms with Gasteiger partial charge in [-0.3, -0.25) is 4.79 Å². The monoisotopic (exact) mass is 216 g/mol. The number of nitrogens with zero attached hydrogens (tertiary/aromatic N) is 3. The Kier molecular flexibility index (Phi) is 3.75. The number of nitrogen functional groups attached to an aromatic ring is 1. The molecule has 2 N–H and O–H groups in total. The smallest absolute Gasteiger partial charge is 0.327 e. The molecular formula is C7H12N4O2S. The predicted molar refractivity (Wildman–Crippen MR) is 52.8 cm³/mol. The van der Waals surface area contributed by atoms with E-state index in [1.807, 2.05) is 6.26 Å². The van der Waals surface area contributed by atoms with Crippen LogP contribution >= 0.6 is 11.8 Å². The van der Waals surface area contributed by atoms with E-state index in [1.54, 1.807) is 6.92 Å². The molecule has 0 aliphatic heterocycles. The van der Waals surface area contributed by atoms with Gasteiger partial charge in [0.15, 0.2) is 0 Å². The molecule has 0 bridgehead atoms. The fourth-order valence-corrected chi connectivity index (χ4v) is 1.23. The molecule has 1 rings (SSSR count). The zero-order chi connectivity index (χ0) is 10.6. The van der Waals surface area contributed by atoms with Crippen LogP contribution in [0.4, 0.5) is 5.95 Å². The minimum atomic E-state index is -0.364. The number of carbonyl (C=O) groups is 1. The van der Waals surface area contributed by atoms with E-state index in [-0.39, 0.29) is 18.5 Å². The number of anilines is 1. The number of aromatic nitrogens is 3. The van der Waals surface area contributed by atoms with Gasteiger partial charge in [0.2, 0.25) is 11.1 Å². The molecule has 0 spiro atoms. The normalized spacial score (nSPS) is 10.1. The first-order valence-electron chi connectivity index (χ1n) is 4.07. The van der Waals surface area contributed by atoms with Crippen molar-refractivity contribution in [2.45, 2.75) is 18.6 Å². The van der Waals surface area contributed by atoms with E-state index in [0.29, 0.717) is 11.8 Å². The Labute approximate surface area is 85.8 Å². The molecule has 6 nitrogen and oxygen atoms in total. The third-order valence-corrected chi connectivity index (χ3v) is 1.99. The summed E-state index contributed by atoms with van der Waals surface area (Å²) in [5.41, 5.74) is 5.53. The molecule has 0 aliphatic carbocycles. The van der Waals surface area contributed by atoms with Crippen molar-refractivity contribution in [2.24, 2.45) is 0 Å². The number of hydrogen-bond acceptors (Lipinski definition) is 6. The Bertz CT molecular complexity index is 325. The van der Waals surface area contributed by atoms with Crippen molar-refractivity contribution in [3.05, 3.63) is 0 Å². The van der Waals surface area contributed by atoms with Crippen molar-refractivity contribution < 1.29 is 9.53 Å². The van der Waals surface area contributed by atoms with Gasteiger partial charge < -0.3 is 10.5 Å². The lowest BCUT2D eigenvalue weighted by molar-refractivity contribution is -0.144. The van der Waals surface area contributed by atoms with E-state index < -0.39 is 0 Å². The van der Waals surface area contributed by atoms with Crippen LogP contribution in [0.3, 0.4) is 0 Å². The summed E-state index contributed by atoms with van der Waals surface area (Å²) < 4.78 is 6.08. The van der Waals surface area contributed by atoms with Crippen molar-refractivity contribution in [2.75, 3.05) is 18.6 Å². The summed E-state index contributed by atoms with van der Waals surface area (Å²) in [6, 6.07) is 0. The third kappa shape index (κ3) is 2.63. The van der Waals surface area contributed by atoms with E-state index in [0.717, 1.165) is 0 Å². The highest BCUT2D eigenvalue weighted by atomic mass is 32.2. The van der Waals surface area contributed by atoms with Crippen LogP contribution in [-0.4, -0.2) is 33.6 Å². The van der Waals surface area contributed by atoms with E-state index in [2.05, 4.69) is 10.1 Å². The standard InChI is InChI=1S/C7H12N4O2S/c1-3-13-5(12)4-11-6(8)9-7(10-11)14-2/h3-4H2,1-2H3,(H2,8,9,10). The van der Waals surface area contributed by atoms with Crippen LogP contribution in [0.25, 0.3) is 0 Å². The number of hydrogen-bond donors (Lipinski definition) is 1. The predicted octanol–water partition coefficient (Wildman–Crippen LogP) is 0.145. The highest BCUT2D eigenvalue weighted by molar-refractivity contribution is 7.98. The zero-order valence-corrected chi connectivity index (χ0v) is 8.87. The highest BCUT2D eigenvalue weighted by Gasteiger charge is 2.10. The number of nitrogens with two attached hydrogens (primary N) is 1. The summed E-state index contributed by atoms with van der Waals surface area (Å²) in [7, 11) is 0. The molecule has 0 aliphatic rings. The molecule has 0 fully saturated rings. The summed E-state index contributed by atoms with van der Waals surface area (Å²) >= 11 is 1.37. The van der Waals surface area contributed by atoms with Crippen LogP contribution in [0.2, 0.25) is 0 Å². The molecule has 14 heavy (non-hydrogen) atoms. The molecule has 1 heterocycles. The molecule has 7 heteroatoms. The maximum absolute atomic E-state index is 11.1. The van der Waals surface area contributed by atoms with Gasteiger partial charge in [0.25, 0.3) is 0 Å². The molecule has 0 aromatic carbocycles. The fraction of sp³-hybridized carbons (Fsp3) is 0.571. The Morgan fingerprint density at radius 2 is 2.43 bits per heavy atom. The average Bonchev–Trinajstić information content (AvgIpc) is 2.48. The number of carbonyl (C=O) groups excluding carboxylic acids is 1. The van der Waals surface area contributed by atoms with Gasteiger partial charge in [0.1, 0.15) is 6.54 Å². The summed E-state index contributed by atoms with van der Waals surface area (Å²) in [6.45, 7) is 2.10. The molecule has 78 valence electrons. The number of ether oxygens (including phenoxy) is 1. The van der Waals surface area contributed by atoms with Crippen molar-refractivity contribution in [1.29, 1.82) is 0 Å². The van der Waals surface area contributed by atoms with Gasteiger partial charge in [-0.25, -0.2) is 4.68 Å². The maximum atomic E-state index is 11.1. The van der Waals surface area contributed by atoms with Crippen LogP contribution < -0.4 is 5.73 Å². The number of rotatable bonds is 4. The first kappa shape index (κ1) is 10.8. The summed E-state index contributed by atoms with van der Waals surface area (Å²) in [6.07, 6.45) is 1.84. The summed E-state index contributed by atoms with van der Waals surface area (Å²) in [5.74, 6) is -0.140. The molecular weight excluding hydrogens is 204 g/mol. The second-order valence-corrected chi connectivity index (χ2v) is 3.19. The first-order valence-corrected chi connectivity index (χ1v) is 5.29. The summed E-state index contributed by atoms with van der Waals surface area (Å²) in [4.78, 5) is 15.0. The van der Waals surface area contributed by atoms with E-state index in [4.69, 9.17) is 10.5 Å². The Morgan fingerprint density at radius 1 is 1.71 bits per heavy atom. The van der Waals surface area contributed by atoms with Crippen molar-refractivity contribution in [3.63, 3.8) is 0 Å². The van der Waals surface area contributed by atoms with Crippen molar-refractivity contribution in [3.8, 4) is 0 Å². The first-order chi connectivity index (χ1) is 6.67.